The van der Waals surface area contributed by atoms with Crippen LogP contribution in [-0.4, -0.2) is 59.4 Å². The van der Waals surface area contributed by atoms with Gasteiger partial charge in [0, 0.05) is 67.8 Å². The molecule has 0 radical (unpaired) electrons. The van der Waals surface area contributed by atoms with Crippen LogP contribution in [0.5, 0.6) is 0 Å². The van der Waals surface area contributed by atoms with Crippen molar-refractivity contribution in [3.63, 3.8) is 0 Å². The van der Waals surface area contributed by atoms with Crippen LogP contribution in [0, 0.1) is 5.82 Å². The van der Waals surface area contributed by atoms with E-state index in [-0.39, 0.29) is 11.7 Å². The van der Waals surface area contributed by atoms with Gasteiger partial charge in [-0.3, -0.25) is 9.69 Å². The lowest BCUT2D eigenvalue weighted by atomic mass is 10.1. The fourth-order valence-electron chi connectivity index (χ4n) is 3.42. The lowest BCUT2D eigenvalue weighted by molar-refractivity contribution is 0.0948. The average Bonchev–Trinajstić information content (AvgIpc) is 3.25. The van der Waals surface area contributed by atoms with E-state index in [0.29, 0.717) is 23.6 Å². The van der Waals surface area contributed by atoms with Crippen molar-refractivity contribution in [1.29, 1.82) is 0 Å². The van der Waals surface area contributed by atoms with Crippen LogP contribution in [0.25, 0.3) is 0 Å². The number of hydrogen-bond acceptors (Lipinski definition) is 6. The Bertz CT molecular complexity index is 1000. The van der Waals surface area contributed by atoms with Crippen molar-refractivity contribution < 1.29 is 9.18 Å². The lowest BCUT2D eigenvalue weighted by Crippen LogP contribution is -2.48. The first-order valence-electron chi connectivity index (χ1n) is 10.1. The number of nitrogens with one attached hydrogen (secondary N) is 1. The Kier molecular flexibility index (Phi) is 7.11. The Balaban J connectivity index is 1.20. The molecular weight excluding hydrogens is 437 g/mol. The van der Waals surface area contributed by atoms with Gasteiger partial charge in [-0.25, -0.2) is 9.37 Å². The summed E-state index contributed by atoms with van der Waals surface area (Å²) >= 11 is 7.26. The summed E-state index contributed by atoms with van der Waals surface area (Å²) in [4.78, 5) is 21.4. The van der Waals surface area contributed by atoms with Crippen LogP contribution in [0.2, 0.25) is 5.02 Å². The van der Waals surface area contributed by atoms with Crippen LogP contribution in [0.3, 0.4) is 0 Å². The van der Waals surface area contributed by atoms with E-state index in [0.717, 1.165) is 49.2 Å². The first-order chi connectivity index (χ1) is 15.1. The number of carbonyl (C=O) groups excluding carboxylic acids is 1. The number of benzene rings is 2. The van der Waals surface area contributed by atoms with E-state index in [2.05, 4.69) is 24.5 Å². The van der Waals surface area contributed by atoms with Crippen LogP contribution in [0.4, 0.5) is 9.52 Å². The third kappa shape index (κ3) is 6.00. The molecule has 31 heavy (non-hydrogen) atoms. The number of anilines is 1. The first-order valence-corrected chi connectivity index (χ1v) is 11.3. The molecule has 0 bridgehead atoms. The van der Waals surface area contributed by atoms with Gasteiger partial charge in [-0.05, 0) is 42.0 Å². The Morgan fingerprint density at radius 2 is 1.77 bits per heavy atom. The predicted molar refractivity (Wildman–Crippen MR) is 122 cm³/mol. The van der Waals surface area contributed by atoms with Crippen molar-refractivity contribution in [2.75, 3.05) is 44.2 Å². The minimum atomic E-state index is -0.238. The number of halogens is 2. The maximum atomic E-state index is 13.0. The quantitative estimate of drug-likeness (QED) is 0.586. The van der Waals surface area contributed by atoms with Crippen molar-refractivity contribution in [2.45, 2.75) is 6.42 Å². The van der Waals surface area contributed by atoms with Crippen molar-refractivity contribution in [3.05, 3.63) is 76.3 Å². The van der Waals surface area contributed by atoms with Gasteiger partial charge >= 0.3 is 0 Å². The van der Waals surface area contributed by atoms with Gasteiger partial charge in [-0.2, -0.15) is 4.37 Å². The Labute approximate surface area is 189 Å². The molecule has 1 aromatic heterocycles. The molecule has 1 fully saturated rings. The summed E-state index contributed by atoms with van der Waals surface area (Å²) in [7, 11) is 0. The van der Waals surface area contributed by atoms with Gasteiger partial charge < -0.3 is 10.2 Å². The van der Waals surface area contributed by atoms with Crippen molar-refractivity contribution >= 4 is 34.2 Å². The van der Waals surface area contributed by atoms with E-state index < -0.39 is 0 Å². The van der Waals surface area contributed by atoms with Gasteiger partial charge in [-0.15, -0.1) is 0 Å². The highest BCUT2D eigenvalue weighted by Crippen LogP contribution is 2.20. The number of amides is 1. The van der Waals surface area contributed by atoms with E-state index in [1.807, 2.05) is 0 Å². The highest BCUT2D eigenvalue weighted by Gasteiger charge is 2.20. The van der Waals surface area contributed by atoms with Crippen LogP contribution in [0.15, 0.2) is 48.5 Å². The molecule has 1 aliphatic heterocycles. The molecule has 0 saturated carbocycles. The maximum absolute atomic E-state index is 13.0. The Morgan fingerprint density at radius 3 is 2.48 bits per heavy atom. The molecule has 0 spiro atoms. The van der Waals surface area contributed by atoms with Crippen molar-refractivity contribution in [3.8, 4) is 0 Å². The van der Waals surface area contributed by atoms with E-state index in [9.17, 15) is 9.18 Å². The van der Waals surface area contributed by atoms with Crippen LogP contribution >= 0.6 is 23.1 Å². The molecule has 4 rings (SSSR count). The monoisotopic (exact) mass is 459 g/mol. The topological polar surface area (TPSA) is 61.4 Å². The van der Waals surface area contributed by atoms with E-state index in [1.54, 1.807) is 36.4 Å². The summed E-state index contributed by atoms with van der Waals surface area (Å²) < 4.78 is 17.5. The molecule has 1 aliphatic rings. The predicted octanol–water partition coefficient (Wildman–Crippen LogP) is 3.47. The molecule has 6 nitrogen and oxygen atoms in total. The minimum Gasteiger partial charge on any atom is -0.351 e. The Hall–Kier alpha value is -2.55. The highest BCUT2D eigenvalue weighted by molar-refractivity contribution is 7.09. The molecule has 2 aromatic carbocycles. The molecular formula is C22H23ClFN5OS. The number of piperazine rings is 1. The molecule has 162 valence electrons. The third-order valence-corrected chi connectivity index (χ3v) is 6.26. The standard InChI is InChI=1S/C22H23ClFN5OS/c23-18-5-3-17(4-6-18)21(30)25-9-10-28-11-13-29(14-12-28)22-26-20(27-31-22)15-16-1-7-19(24)8-2-16/h1-8H,9-15H2,(H,25,30). The minimum absolute atomic E-state index is 0.0853. The van der Waals surface area contributed by atoms with E-state index >= 15 is 0 Å². The second kappa shape index (κ2) is 10.2. The second-order valence-electron chi connectivity index (χ2n) is 7.39. The summed E-state index contributed by atoms with van der Waals surface area (Å²) in [6.45, 7) is 4.96. The highest BCUT2D eigenvalue weighted by atomic mass is 35.5. The van der Waals surface area contributed by atoms with Crippen molar-refractivity contribution in [2.24, 2.45) is 0 Å². The van der Waals surface area contributed by atoms with Gasteiger partial charge in [0.05, 0.1) is 0 Å². The SMILES string of the molecule is O=C(NCCN1CCN(c2nc(Cc3ccc(F)cc3)ns2)CC1)c1ccc(Cl)cc1. The maximum Gasteiger partial charge on any atom is 0.251 e. The smallest absolute Gasteiger partial charge is 0.251 e. The fraction of sp³-hybridized carbons (Fsp3) is 0.318. The largest absolute Gasteiger partial charge is 0.351 e. The van der Waals surface area contributed by atoms with Gasteiger partial charge in [0.2, 0.25) is 5.13 Å². The van der Waals surface area contributed by atoms with Crippen molar-refractivity contribution in [1.82, 2.24) is 19.6 Å². The summed E-state index contributed by atoms with van der Waals surface area (Å²) in [5, 5.41) is 4.50. The molecule has 1 amide bonds. The van der Waals surface area contributed by atoms with Gasteiger partial charge in [0.25, 0.3) is 5.91 Å². The number of rotatable bonds is 7. The van der Waals surface area contributed by atoms with Gasteiger partial charge in [0.1, 0.15) is 11.6 Å². The van der Waals surface area contributed by atoms with Gasteiger partial charge in [-0.1, -0.05) is 23.7 Å². The van der Waals surface area contributed by atoms with Gasteiger partial charge in [0.15, 0.2) is 0 Å². The molecule has 0 atom stereocenters. The van der Waals surface area contributed by atoms with E-state index in [4.69, 9.17) is 11.6 Å². The third-order valence-electron chi connectivity index (χ3n) is 5.20. The molecule has 1 N–H and O–H groups in total. The summed E-state index contributed by atoms with van der Waals surface area (Å²) in [6.07, 6.45) is 0.601. The average molecular weight is 460 g/mol. The summed E-state index contributed by atoms with van der Waals surface area (Å²) in [5.41, 5.74) is 1.61. The molecule has 9 heteroatoms. The normalized spacial score (nSPS) is 14.6. The molecule has 2 heterocycles. The first kappa shape index (κ1) is 21.7. The van der Waals surface area contributed by atoms with Crippen LogP contribution in [-0.2, 0) is 6.42 Å². The number of aromatic nitrogens is 2. The number of hydrogen-bond donors (Lipinski definition) is 1. The summed E-state index contributed by atoms with van der Waals surface area (Å²) in [5.74, 6) is 0.440. The molecule has 0 aliphatic carbocycles. The zero-order valence-electron chi connectivity index (χ0n) is 16.9. The second-order valence-corrected chi connectivity index (χ2v) is 8.55. The van der Waals surface area contributed by atoms with Crippen LogP contribution in [0.1, 0.15) is 21.7 Å². The fourth-order valence-corrected chi connectivity index (χ4v) is 4.29. The number of nitrogens with zero attached hydrogens (tertiary/aromatic N) is 4. The molecule has 1 saturated heterocycles. The zero-order chi connectivity index (χ0) is 21.6. The molecule has 3 aromatic rings. The lowest BCUT2D eigenvalue weighted by Gasteiger charge is -2.34. The van der Waals surface area contributed by atoms with E-state index in [1.165, 1.54) is 23.7 Å². The molecule has 0 unspecified atom stereocenters. The zero-order valence-corrected chi connectivity index (χ0v) is 18.5. The number of carbonyl (C=O) groups is 1. The Morgan fingerprint density at radius 1 is 1.06 bits per heavy atom. The summed E-state index contributed by atoms with van der Waals surface area (Å²) in [6, 6.07) is 13.3. The van der Waals surface area contributed by atoms with Crippen LogP contribution < -0.4 is 10.2 Å².